The molecule has 6 N–H and O–H groups in total. The van der Waals surface area contributed by atoms with Crippen molar-refractivity contribution in [1.29, 1.82) is 0 Å². The third-order valence-electron chi connectivity index (χ3n) is 11.7. The highest BCUT2D eigenvalue weighted by molar-refractivity contribution is 7.89. The number of methoxy groups -OCH3 is 1. The van der Waals surface area contributed by atoms with Crippen LogP contribution < -0.4 is 10.5 Å². The van der Waals surface area contributed by atoms with Gasteiger partial charge in [0.05, 0.1) is 58.4 Å². The number of aliphatic hydroxyl groups is 3. The van der Waals surface area contributed by atoms with Gasteiger partial charge in [-0.3, -0.25) is 9.59 Å². The summed E-state index contributed by atoms with van der Waals surface area (Å²) < 4.78 is 72.3. The van der Waals surface area contributed by atoms with E-state index in [4.69, 9.17) is 38.9 Å². The minimum atomic E-state index is -4.07. The highest BCUT2D eigenvalue weighted by Gasteiger charge is 2.53. The lowest BCUT2D eigenvalue weighted by atomic mass is 9.77. The first-order valence-electron chi connectivity index (χ1n) is 19.5. The molecule has 3 saturated heterocycles. The van der Waals surface area contributed by atoms with E-state index in [0.29, 0.717) is 0 Å². The largest absolute Gasteiger partial charge is 0.458 e. The molecular weight excluding hydrogens is 752 g/mol. The molecule has 1 aromatic rings. The van der Waals surface area contributed by atoms with E-state index in [0.717, 1.165) is 0 Å². The van der Waals surface area contributed by atoms with E-state index < -0.39 is 118 Å². The molecule has 0 amide bonds. The second-order valence-electron chi connectivity index (χ2n) is 16.6. The third kappa shape index (κ3) is 10.3. The Morgan fingerprint density at radius 1 is 0.964 bits per heavy atom. The fourth-order valence-corrected chi connectivity index (χ4v) is 9.47. The minimum Gasteiger partial charge on any atom is -0.458 e. The summed E-state index contributed by atoms with van der Waals surface area (Å²) in [5.41, 5.74) is 1.74. The van der Waals surface area contributed by atoms with E-state index in [-0.39, 0.29) is 37.1 Å². The van der Waals surface area contributed by atoms with Crippen LogP contribution >= 0.6 is 0 Å². The second kappa shape index (κ2) is 18.3. The molecule has 0 spiro atoms. The maximum atomic E-state index is 14.2. The molecule has 0 bridgehead atoms. The molecule has 17 heteroatoms. The maximum Gasteiger partial charge on any atom is 0.311 e. The smallest absolute Gasteiger partial charge is 0.311 e. The molecule has 56 heavy (non-hydrogen) atoms. The lowest BCUT2D eigenvalue weighted by Crippen LogP contribution is -2.61. The molecular formula is C39H64N2O14S. The Kier molecular flexibility index (Phi) is 15.2. The van der Waals surface area contributed by atoms with Gasteiger partial charge in [0.25, 0.3) is 0 Å². The summed E-state index contributed by atoms with van der Waals surface area (Å²) in [6.07, 6.45) is -9.65. The number of ether oxygens (including phenoxy) is 7. The Labute approximate surface area is 331 Å². The minimum absolute atomic E-state index is 0.00438. The van der Waals surface area contributed by atoms with Crippen LogP contribution in [0.4, 0.5) is 0 Å². The zero-order valence-corrected chi connectivity index (χ0v) is 35.1. The van der Waals surface area contributed by atoms with E-state index in [9.17, 15) is 33.3 Å². The number of carbonyl (C=O) groups is 2. The van der Waals surface area contributed by atoms with Crippen LogP contribution in [0.5, 0.6) is 0 Å². The molecule has 3 aliphatic heterocycles. The van der Waals surface area contributed by atoms with Gasteiger partial charge in [-0.25, -0.2) is 13.1 Å². The number of aliphatic hydroxyl groups excluding tert-OH is 2. The van der Waals surface area contributed by atoms with Crippen molar-refractivity contribution in [3.63, 3.8) is 0 Å². The topological polar surface area (TPSA) is 232 Å². The average molecular weight is 817 g/mol. The summed E-state index contributed by atoms with van der Waals surface area (Å²) >= 11 is 0. The van der Waals surface area contributed by atoms with Crippen LogP contribution in [0.1, 0.15) is 88.0 Å². The predicted octanol–water partition coefficient (Wildman–Crippen LogP) is 2.15. The third-order valence-corrected chi connectivity index (χ3v) is 13.2. The Morgan fingerprint density at radius 3 is 2.20 bits per heavy atom. The molecule has 3 aliphatic rings. The van der Waals surface area contributed by atoms with Crippen molar-refractivity contribution in [2.24, 2.45) is 23.5 Å². The first kappa shape index (κ1) is 46.4. The molecule has 0 aliphatic carbocycles. The van der Waals surface area contributed by atoms with Gasteiger partial charge in [0.1, 0.15) is 18.3 Å². The van der Waals surface area contributed by atoms with Crippen LogP contribution in [0.25, 0.3) is 0 Å². The molecule has 0 radical (unpaired) electrons. The van der Waals surface area contributed by atoms with Crippen molar-refractivity contribution in [2.45, 2.75) is 171 Å². The van der Waals surface area contributed by atoms with Gasteiger partial charge in [-0.05, 0) is 72.9 Å². The van der Waals surface area contributed by atoms with Crippen molar-refractivity contribution in [2.75, 3.05) is 13.7 Å². The van der Waals surface area contributed by atoms with Crippen LogP contribution in [0, 0.1) is 17.8 Å². The summed E-state index contributed by atoms with van der Waals surface area (Å²) in [4.78, 5) is 27.8. The van der Waals surface area contributed by atoms with E-state index in [1.807, 2.05) is 0 Å². The predicted molar refractivity (Wildman–Crippen MR) is 202 cm³/mol. The van der Waals surface area contributed by atoms with Crippen molar-refractivity contribution in [3.8, 4) is 0 Å². The monoisotopic (exact) mass is 816 g/mol. The summed E-state index contributed by atoms with van der Waals surface area (Å²) in [5, 5.41) is 35.0. The Bertz CT molecular complexity index is 1580. The molecule has 16 atom stereocenters. The second-order valence-corrected chi connectivity index (χ2v) is 18.3. The van der Waals surface area contributed by atoms with Gasteiger partial charge in [0, 0.05) is 26.0 Å². The van der Waals surface area contributed by atoms with Crippen LogP contribution in [0.15, 0.2) is 35.2 Å². The number of rotatable bonds is 10. The van der Waals surface area contributed by atoms with Crippen molar-refractivity contribution >= 4 is 22.0 Å². The molecule has 4 rings (SSSR count). The van der Waals surface area contributed by atoms with Gasteiger partial charge in [0.2, 0.25) is 10.0 Å². The molecule has 16 nitrogen and oxygen atoms in total. The Balaban J connectivity index is 1.78. The number of hydrogen-bond donors (Lipinski definition) is 5. The van der Waals surface area contributed by atoms with Crippen LogP contribution in [-0.4, -0.2) is 127 Å². The quantitative estimate of drug-likeness (QED) is 0.213. The fourth-order valence-electron chi connectivity index (χ4n) is 8.18. The lowest BCUT2D eigenvalue weighted by Gasteiger charge is -2.48. The highest BCUT2D eigenvalue weighted by atomic mass is 32.2. The van der Waals surface area contributed by atoms with E-state index >= 15 is 0 Å². The van der Waals surface area contributed by atoms with Crippen molar-refractivity contribution in [3.05, 3.63) is 30.3 Å². The van der Waals surface area contributed by atoms with Gasteiger partial charge in [0.15, 0.2) is 18.2 Å². The summed E-state index contributed by atoms with van der Waals surface area (Å²) in [6.45, 7) is 14.6. The average Bonchev–Trinajstić information content (AvgIpc) is 3.14. The molecule has 3 fully saturated rings. The summed E-state index contributed by atoms with van der Waals surface area (Å²) in [7, 11) is -2.61. The zero-order chi connectivity index (χ0) is 42.0. The number of carbonyl (C=O) groups excluding carboxylic acids is 2. The maximum absolute atomic E-state index is 14.2. The standard InChI is InChI=1S/C39H64N2O14S/c1-11-28-39(9,20-40)55-34(44)21(2)18-37(7,46)33(54-36-30(42)27(17-22(3)50-36)41-56(47,48)26-15-13-12-14-16-26)23(4)31(24(5)35(45)52-28)53-29-19-38(8,49-10)32(43)25(6)51-29/h12-16,21-25,27-33,36,41-43,46H,11,17-20,40H2,1-10H3/t21-,22-,23+,24-,25+,27+,28-,29+,30-,31+,32+,33-,36+,37-,38-,39-/m1/s1. The van der Waals surface area contributed by atoms with Gasteiger partial charge in [-0.2, -0.15) is 0 Å². The summed E-state index contributed by atoms with van der Waals surface area (Å²) in [5.74, 6) is -4.36. The lowest BCUT2D eigenvalue weighted by molar-refractivity contribution is -0.315. The first-order valence-corrected chi connectivity index (χ1v) is 21.0. The summed E-state index contributed by atoms with van der Waals surface area (Å²) in [6, 6.07) is 6.65. The number of benzene rings is 1. The number of esters is 2. The molecule has 1 aromatic carbocycles. The van der Waals surface area contributed by atoms with Crippen molar-refractivity contribution < 1.29 is 66.5 Å². The molecule has 3 heterocycles. The van der Waals surface area contributed by atoms with Crippen LogP contribution in [-0.2, 0) is 52.8 Å². The van der Waals surface area contributed by atoms with Gasteiger partial charge in [-0.1, -0.05) is 39.0 Å². The number of cyclic esters (lactones) is 2. The van der Waals surface area contributed by atoms with Crippen LogP contribution in [0.3, 0.4) is 0 Å². The SMILES string of the molecule is CC[C@H]1OC(=O)[C@H](C)[C@@H](O[C@H]2C[C@@](C)(OC)[C@@H](O)[C@H](C)O2)[C@H](C)[C@@H](O[C@@H]2O[C@H](C)C[C@H](NS(=O)(=O)c3ccccc3)[C@H]2O)[C@](C)(O)C[C@@H](C)C(=O)O[C@]1(C)CN. The number of hydrogen-bond acceptors (Lipinski definition) is 15. The normalized spacial score (nSPS) is 43.4. The molecule has 0 saturated carbocycles. The zero-order valence-electron chi connectivity index (χ0n) is 34.2. The molecule has 0 unspecified atom stereocenters. The van der Waals surface area contributed by atoms with E-state index in [1.54, 1.807) is 73.6 Å². The van der Waals surface area contributed by atoms with Crippen molar-refractivity contribution in [1.82, 2.24) is 4.72 Å². The Hall–Kier alpha value is -2.29. The van der Waals surface area contributed by atoms with Gasteiger partial charge < -0.3 is 54.2 Å². The number of nitrogens with one attached hydrogen (secondary N) is 1. The molecule has 0 aromatic heterocycles. The van der Waals surface area contributed by atoms with Crippen LogP contribution in [0.2, 0.25) is 0 Å². The molecule has 320 valence electrons. The van der Waals surface area contributed by atoms with E-state index in [2.05, 4.69) is 4.72 Å². The number of nitrogens with two attached hydrogens (primary N) is 1. The number of sulfonamides is 1. The fraction of sp³-hybridized carbons (Fsp3) is 0.795. The van der Waals surface area contributed by atoms with Gasteiger partial charge >= 0.3 is 11.9 Å². The first-order chi connectivity index (χ1) is 26.0. The Morgan fingerprint density at radius 2 is 1.61 bits per heavy atom. The van der Waals surface area contributed by atoms with E-state index in [1.165, 1.54) is 26.2 Å². The highest BCUT2D eigenvalue weighted by Crippen LogP contribution is 2.40. The van der Waals surface area contributed by atoms with Gasteiger partial charge in [-0.15, -0.1) is 0 Å².